The Bertz CT molecular complexity index is 1270. The molecule has 0 spiro atoms. The number of nitrogens with zero attached hydrogens (tertiary/aromatic N) is 4. The molecule has 4 heterocycles. The standard InChI is InChI=1S/C14H15N3O.C14H17N3/c1-10-2-4-11(5-3-10)6-12-8-17-9-15-7-13(17)14(18)16-12;1-11-2-4-12(5-3-11)6-13-9-17-10-15-7-14(17)8-16-13/h2-5,7,9,12H,6,8H2,1H3,(H,16,18);2-5,7,10,13,16H,6,8-9H2,1H3. The van der Waals surface area contributed by atoms with Crippen LogP contribution in [-0.2, 0) is 32.5 Å². The molecule has 0 aliphatic carbocycles. The maximum Gasteiger partial charge on any atom is 0.269 e. The maximum absolute atomic E-state index is 11.8. The molecule has 0 bridgehead atoms. The van der Waals surface area contributed by atoms with E-state index in [9.17, 15) is 4.79 Å². The number of aryl methyl sites for hydroxylation is 2. The molecule has 2 aliphatic rings. The number of nitrogens with one attached hydrogen (secondary N) is 2. The van der Waals surface area contributed by atoms with Gasteiger partial charge in [0.2, 0.25) is 0 Å². The first kappa shape index (κ1) is 23.1. The lowest BCUT2D eigenvalue weighted by Gasteiger charge is -2.25. The zero-order valence-electron chi connectivity index (χ0n) is 20.3. The number of fused-ring (bicyclic) bond motifs is 2. The summed E-state index contributed by atoms with van der Waals surface area (Å²) in [6.45, 7) is 6.93. The van der Waals surface area contributed by atoms with E-state index >= 15 is 0 Å². The summed E-state index contributed by atoms with van der Waals surface area (Å²) in [5.74, 6) is -0.0316. The van der Waals surface area contributed by atoms with Gasteiger partial charge < -0.3 is 19.8 Å². The Hall–Kier alpha value is -3.71. The van der Waals surface area contributed by atoms with E-state index in [1.165, 1.54) is 27.9 Å². The highest BCUT2D eigenvalue weighted by atomic mass is 16.2. The minimum absolute atomic E-state index is 0.0316. The van der Waals surface area contributed by atoms with Gasteiger partial charge in [-0.3, -0.25) is 4.79 Å². The molecule has 2 aliphatic heterocycles. The van der Waals surface area contributed by atoms with Crippen LogP contribution in [0.4, 0.5) is 0 Å². The van der Waals surface area contributed by atoms with Gasteiger partial charge in [0, 0.05) is 31.9 Å². The summed E-state index contributed by atoms with van der Waals surface area (Å²) >= 11 is 0. The average molecular weight is 469 g/mol. The van der Waals surface area contributed by atoms with Crippen LogP contribution < -0.4 is 10.6 Å². The SMILES string of the molecule is Cc1ccc(CC2Cn3cncc3C(=O)N2)cc1.Cc1ccc(CC2Cn3cncc3CN2)cc1. The lowest BCUT2D eigenvalue weighted by atomic mass is 10.0. The van der Waals surface area contributed by atoms with Gasteiger partial charge in [-0.25, -0.2) is 9.97 Å². The van der Waals surface area contributed by atoms with Crippen LogP contribution in [0.15, 0.2) is 73.6 Å². The zero-order chi connectivity index (χ0) is 24.2. The van der Waals surface area contributed by atoms with Crippen molar-refractivity contribution in [1.29, 1.82) is 0 Å². The quantitative estimate of drug-likeness (QED) is 0.481. The molecule has 0 saturated carbocycles. The van der Waals surface area contributed by atoms with Crippen LogP contribution >= 0.6 is 0 Å². The van der Waals surface area contributed by atoms with E-state index in [2.05, 4.69) is 87.5 Å². The van der Waals surface area contributed by atoms with Crippen LogP contribution in [0.2, 0.25) is 0 Å². The van der Waals surface area contributed by atoms with Crippen molar-refractivity contribution < 1.29 is 4.79 Å². The van der Waals surface area contributed by atoms with E-state index in [4.69, 9.17) is 0 Å². The Morgan fingerprint density at radius 1 is 0.800 bits per heavy atom. The molecule has 2 N–H and O–H groups in total. The third-order valence-electron chi connectivity index (χ3n) is 6.69. The number of rotatable bonds is 4. The van der Waals surface area contributed by atoms with Gasteiger partial charge >= 0.3 is 0 Å². The summed E-state index contributed by atoms with van der Waals surface area (Å²) in [4.78, 5) is 20.0. The molecule has 2 atom stereocenters. The van der Waals surface area contributed by atoms with Crippen molar-refractivity contribution in [1.82, 2.24) is 29.7 Å². The van der Waals surface area contributed by atoms with E-state index in [1.54, 1.807) is 12.5 Å². The summed E-state index contributed by atoms with van der Waals surface area (Å²) in [7, 11) is 0. The first-order valence-electron chi connectivity index (χ1n) is 12.2. The summed E-state index contributed by atoms with van der Waals surface area (Å²) < 4.78 is 4.16. The van der Waals surface area contributed by atoms with Crippen LogP contribution in [0.5, 0.6) is 0 Å². The van der Waals surface area contributed by atoms with Crippen LogP contribution in [-0.4, -0.2) is 37.1 Å². The van der Waals surface area contributed by atoms with Crippen molar-refractivity contribution in [2.45, 2.75) is 58.4 Å². The van der Waals surface area contributed by atoms with Crippen molar-refractivity contribution in [2.24, 2.45) is 0 Å². The summed E-state index contributed by atoms with van der Waals surface area (Å²) in [6, 6.07) is 17.9. The van der Waals surface area contributed by atoms with Crippen LogP contribution in [0.25, 0.3) is 0 Å². The molecule has 0 radical (unpaired) electrons. The van der Waals surface area contributed by atoms with E-state index < -0.39 is 0 Å². The van der Waals surface area contributed by atoms with Crippen LogP contribution in [0, 0.1) is 13.8 Å². The third kappa shape index (κ3) is 5.69. The number of hydrogen-bond donors (Lipinski definition) is 2. The highest BCUT2D eigenvalue weighted by Gasteiger charge is 2.24. The smallest absolute Gasteiger partial charge is 0.269 e. The molecular formula is C28H32N6O. The van der Waals surface area contributed by atoms with Gasteiger partial charge in [0.05, 0.1) is 30.6 Å². The third-order valence-corrected chi connectivity index (χ3v) is 6.69. The second-order valence-electron chi connectivity index (χ2n) is 9.60. The number of aromatic nitrogens is 4. The second kappa shape index (κ2) is 10.3. The monoisotopic (exact) mass is 468 g/mol. The highest BCUT2D eigenvalue weighted by Crippen LogP contribution is 2.14. The van der Waals surface area contributed by atoms with Gasteiger partial charge in [-0.15, -0.1) is 0 Å². The number of carbonyl (C=O) groups excluding carboxylic acids is 1. The second-order valence-corrected chi connectivity index (χ2v) is 9.60. The molecule has 0 fully saturated rings. The molecule has 1 amide bonds. The van der Waals surface area contributed by atoms with Crippen molar-refractivity contribution in [3.8, 4) is 0 Å². The van der Waals surface area contributed by atoms with Gasteiger partial charge in [0.15, 0.2) is 0 Å². The topological polar surface area (TPSA) is 76.8 Å². The molecule has 180 valence electrons. The van der Waals surface area contributed by atoms with Gasteiger partial charge in [-0.05, 0) is 37.8 Å². The summed E-state index contributed by atoms with van der Waals surface area (Å²) in [6.07, 6.45) is 9.13. The van der Waals surface area contributed by atoms with Crippen molar-refractivity contribution in [3.05, 3.63) is 107 Å². The molecule has 35 heavy (non-hydrogen) atoms. The summed E-state index contributed by atoms with van der Waals surface area (Å²) in [5.41, 5.74) is 7.15. The summed E-state index contributed by atoms with van der Waals surface area (Å²) in [5, 5.41) is 6.59. The number of benzene rings is 2. The predicted octanol–water partition coefficient (Wildman–Crippen LogP) is 3.45. The van der Waals surface area contributed by atoms with E-state index in [-0.39, 0.29) is 11.9 Å². The molecule has 6 rings (SSSR count). The van der Waals surface area contributed by atoms with Crippen molar-refractivity contribution >= 4 is 5.91 Å². The van der Waals surface area contributed by atoms with Crippen molar-refractivity contribution in [3.63, 3.8) is 0 Å². The van der Waals surface area contributed by atoms with E-state index in [1.807, 2.05) is 17.1 Å². The Balaban J connectivity index is 0.000000145. The number of carbonyl (C=O) groups is 1. The van der Waals surface area contributed by atoms with E-state index in [0.717, 1.165) is 32.5 Å². The number of hydrogen-bond acceptors (Lipinski definition) is 4. The average Bonchev–Trinajstić information content (AvgIpc) is 3.52. The lowest BCUT2D eigenvalue weighted by Crippen LogP contribution is -2.45. The highest BCUT2D eigenvalue weighted by molar-refractivity contribution is 5.93. The fraction of sp³-hybridized carbons (Fsp3) is 0.321. The normalized spacial score (nSPS) is 18.6. The zero-order valence-corrected chi connectivity index (χ0v) is 20.3. The minimum atomic E-state index is -0.0316. The molecule has 4 aromatic rings. The largest absolute Gasteiger partial charge is 0.346 e. The first-order chi connectivity index (χ1) is 17.0. The van der Waals surface area contributed by atoms with Gasteiger partial charge in [0.25, 0.3) is 5.91 Å². The Morgan fingerprint density at radius 2 is 1.37 bits per heavy atom. The molecule has 2 aromatic heterocycles. The lowest BCUT2D eigenvalue weighted by molar-refractivity contribution is 0.0901. The Labute approximate surface area is 206 Å². The van der Waals surface area contributed by atoms with Crippen LogP contribution in [0.1, 0.15) is 38.4 Å². The number of imidazole rings is 2. The molecule has 7 heteroatoms. The molecule has 2 aromatic carbocycles. The van der Waals surface area contributed by atoms with Gasteiger partial charge in [-0.1, -0.05) is 59.7 Å². The molecule has 2 unspecified atom stereocenters. The van der Waals surface area contributed by atoms with Crippen LogP contribution in [0.3, 0.4) is 0 Å². The van der Waals surface area contributed by atoms with Gasteiger partial charge in [-0.2, -0.15) is 0 Å². The van der Waals surface area contributed by atoms with Gasteiger partial charge in [0.1, 0.15) is 5.69 Å². The fourth-order valence-corrected chi connectivity index (χ4v) is 4.68. The fourth-order valence-electron chi connectivity index (χ4n) is 4.68. The number of amides is 1. The molecule has 7 nitrogen and oxygen atoms in total. The van der Waals surface area contributed by atoms with E-state index in [0.29, 0.717) is 11.7 Å². The molecule has 0 saturated heterocycles. The van der Waals surface area contributed by atoms with Crippen molar-refractivity contribution in [2.75, 3.05) is 0 Å². The minimum Gasteiger partial charge on any atom is -0.346 e. The Kier molecular flexibility index (Phi) is 6.77. The first-order valence-corrected chi connectivity index (χ1v) is 12.2. The molecular weight excluding hydrogens is 436 g/mol. The predicted molar refractivity (Wildman–Crippen MR) is 136 cm³/mol. The Morgan fingerprint density at radius 3 is 2.06 bits per heavy atom. The maximum atomic E-state index is 11.8.